The standard InChI is InChI=1S/C16H17FN4O/c1-12-5-6-15(17)14(9-12)16(22)20-13-10-19-21(11-13)8-4-2-3-7-18/h5-6,9-11H,2-4,8H2,1H3,(H,20,22). The number of amides is 1. The van der Waals surface area contributed by atoms with Gasteiger partial charge in [0, 0.05) is 19.2 Å². The van der Waals surface area contributed by atoms with Crippen molar-refractivity contribution in [2.75, 3.05) is 5.32 Å². The van der Waals surface area contributed by atoms with E-state index in [9.17, 15) is 9.18 Å². The predicted octanol–water partition coefficient (Wildman–Crippen LogP) is 3.28. The number of carbonyl (C=O) groups excluding carboxylic acids is 1. The van der Waals surface area contributed by atoms with E-state index in [2.05, 4.69) is 16.5 Å². The van der Waals surface area contributed by atoms with E-state index >= 15 is 0 Å². The molecule has 0 saturated heterocycles. The first-order valence-electron chi connectivity index (χ1n) is 7.07. The molecule has 1 heterocycles. The van der Waals surface area contributed by atoms with Gasteiger partial charge in [-0.3, -0.25) is 9.48 Å². The maximum atomic E-state index is 13.7. The zero-order valence-corrected chi connectivity index (χ0v) is 12.3. The number of halogens is 1. The largest absolute Gasteiger partial charge is 0.319 e. The lowest BCUT2D eigenvalue weighted by atomic mass is 10.1. The van der Waals surface area contributed by atoms with Crippen molar-refractivity contribution < 1.29 is 9.18 Å². The van der Waals surface area contributed by atoms with Crippen LogP contribution in [0, 0.1) is 24.1 Å². The molecule has 0 fully saturated rings. The fourth-order valence-electron chi connectivity index (χ4n) is 2.04. The summed E-state index contributed by atoms with van der Waals surface area (Å²) in [5, 5.41) is 15.2. The molecule has 1 N–H and O–H groups in total. The normalized spacial score (nSPS) is 10.2. The van der Waals surface area contributed by atoms with Crippen LogP contribution in [0.5, 0.6) is 0 Å². The lowest BCUT2D eigenvalue weighted by molar-refractivity contribution is 0.102. The Balaban J connectivity index is 1.96. The van der Waals surface area contributed by atoms with Gasteiger partial charge in [0.1, 0.15) is 5.82 Å². The second kappa shape index (κ2) is 7.36. The molecule has 0 aliphatic carbocycles. The number of rotatable bonds is 6. The molecule has 2 rings (SSSR count). The summed E-state index contributed by atoms with van der Waals surface area (Å²) in [7, 11) is 0. The summed E-state index contributed by atoms with van der Waals surface area (Å²) in [4.78, 5) is 12.1. The molecular formula is C16H17FN4O. The van der Waals surface area contributed by atoms with Crippen LogP contribution >= 0.6 is 0 Å². The monoisotopic (exact) mass is 300 g/mol. The molecule has 0 bridgehead atoms. The molecule has 0 aliphatic rings. The number of unbranched alkanes of at least 4 members (excludes halogenated alkanes) is 2. The highest BCUT2D eigenvalue weighted by Crippen LogP contribution is 2.13. The number of nitrogens with one attached hydrogen (secondary N) is 1. The Kier molecular flexibility index (Phi) is 5.26. The molecule has 2 aromatic rings. The van der Waals surface area contributed by atoms with E-state index in [1.54, 1.807) is 23.9 Å². The lowest BCUT2D eigenvalue weighted by Gasteiger charge is -2.05. The molecule has 22 heavy (non-hydrogen) atoms. The Labute approximate surface area is 128 Å². The van der Waals surface area contributed by atoms with Crippen molar-refractivity contribution >= 4 is 11.6 Å². The third-order valence-electron chi connectivity index (χ3n) is 3.18. The fraction of sp³-hybridized carbons (Fsp3) is 0.312. The van der Waals surface area contributed by atoms with Crippen LogP contribution < -0.4 is 5.32 Å². The molecule has 0 saturated carbocycles. The summed E-state index contributed by atoms with van der Waals surface area (Å²) < 4.78 is 15.4. The van der Waals surface area contributed by atoms with Gasteiger partial charge in [0.2, 0.25) is 0 Å². The summed E-state index contributed by atoms with van der Waals surface area (Å²) in [5.74, 6) is -1.04. The molecule has 5 nitrogen and oxygen atoms in total. The SMILES string of the molecule is Cc1ccc(F)c(C(=O)Nc2cnn(CCCCC#N)c2)c1. The maximum absolute atomic E-state index is 13.7. The molecule has 1 aromatic heterocycles. The van der Waals surface area contributed by atoms with Crippen LogP contribution in [0.3, 0.4) is 0 Å². The van der Waals surface area contributed by atoms with E-state index in [1.165, 1.54) is 18.3 Å². The molecule has 0 atom stereocenters. The van der Waals surface area contributed by atoms with Gasteiger partial charge in [-0.15, -0.1) is 0 Å². The van der Waals surface area contributed by atoms with Crippen molar-refractivity contribution in [3.05, 3.63) is 47.5 Å². The Morgan fingerprint density at radius 3 is 3.05 bits per heavy atom. The van der Waals surface area contributed by atoms with Gasteiger partial charge in [0.05, 0.1) is 23.5 Å². The number of hydrogen-bond acceptors (Lipinski definition) is 3. The van der Waals surface area contributed by atoms with Gasteiger partial charge in [-0.2, -0.15) is 10.4 Å². The highest BCUT2D eigenvalue weighted by atomic mass is 19.1. The van der Waals surface area contributed by atoms with Crippen molar-refractivity contribution in [2.24, 2.45) is 0 Å². The highest BCUT2D eigenvalue weighted by molar-refractivity contribution is 6.04. The Morgan fingerprint density at radius 2 is 2.27 bits per heavy atom. The van der Waals surface area contributed by atoms with Gasteiger partial charge in [0.25, 0.3) is 5.91 Å². The fourth-order valence-corrected chi connectivity index (χ4v) is 2.04. The van der Waals surface area contributed by atoms with Crippen LogP contribution in [0.2, 0.25) is 0 Å². The first-order chi connectivity index (χ1) is 10.6. The van der Waals surface area contributed by atoms with Gasteiger partial charge in [-0.25, -0.2) is 4.39 Å². The van der Waals surface area contributed by atoms with Gasteiger partial charge in [0.15, 0.2) is 0 Å². The van der Waals surface area contributed by atoms with E-state index < -0.39 is 11.7 Å². The van der Waals surface area contributed by atoms with Crippen LogP contribution in [0.15, 0.2) is 30.6 Å². The third-order valence-corrected chi connectivity index (χ3v) is 3.18. The van der Waals surface area contributed by atoms with E-state index in [-0.39, 0.29) is 5.56 Å². The summed E-state index contributed by atoms with van der Waals surface area (Å²) in [6, 6.07) is 6.50. The van der Waals surface area contributed by atoms with Crippen molar-refractivity contribution in [1.29, 1.82) is 5.26 Å². The van der Waals surface area contributed by atoms with Gasteiger partial charge in [-0.05, 0) is 31.9 Å². The maximum Gasteiger partial charge on any atom is 0.258 e. The van der Waals surface area contributed by atoms with Crippen molar-refractivity contribution in [2.45, 2.75) is 32.7 Å². The van der Waals surface area contributed by atoms with Gasteiger partial charge >= 0.3 is 0 Å². The summed E-state index contributed by atoms with van der Waals surface area (Å²) in [6.07, 6.45) is 5.40. The smallest absolute Gasteiger partial charge is 0.258 e. The number of nitrogens with zero attached hydrogens (tertiary/aromatic N) is 3. The highest BCUT2D eigenvalue weighted by Gasteiger charge is 2.12. The van der Waals surface area contributed by atoms with Crippen LogP contribution in [-0.4, -0.2) is 15.7 Å². The summed E-state index contributed by atoms with van der Waals surface area (Å²) in [6.45, 7) is 2.48. The minimum atomic E-state index is -0.549. The van der Waals surface area contributed by atoms with Crippen LogP contribution in [0.1, 0.15) is 35.2 Å². The number of aromatic nitrogens is 2. The number of aryl methyl sites for hydroxylation is 2. The van der Waals surface area contributed by atoms with E-state index in [0.29, 0.717) is 18.7 Å². The molecule has 1 aromatic carbocycles. The summed E-state index contributed by atoms with van der Waals surface area (Å²) >= 11 is 0. The van der Waals surface area contributed by atoms with Crippen LogP contribution in [-0.2, 0) is 6.54 Å². The van der Waals surface area contributed by atoms with Crippen molar-refractivity contribution in [1.82, 2.24) is 9.78 Å². The number of nitriles is 1. The minimum absolute atomic E-state index is 0.0155. The molecule has 0 radical (unpaired) electrons. The average molecular weight is 300 g/mol. The minimum Gasteiger partial charge on any atom is -0.319 e. The van der Waals surface area contributed by atoms with Crippen molar-refractivity contribution in [3.63, 3.8) is 0 Å². The number of hydrogen-bond donors (Lipinski definition) is 1. The van der Waals surface area contributed by atoms with Crippen LogP contribution in [0.4, 0.5) is 10.1 Å². The van der Waals surface area contributed by atoms with Gasteiger partial charge in [-0.1, -0.05) is 11.6 Å². The molecule has 6 heteroatoms. The van der Waals surface area contributed by atoms with Gasteiger partial charge < -0.3 is 5.32 Å². The summed E-state index contributed by atoms with van der Waals surface area (Å²) in [5.41, 5.74) is 1.35. The van der Waals surface area contributed by atoms with E-state index in [1.807, 2.05) is 0 Å². The zero-order chi connectivity index (χ0) is 15.9. The topological polar surface area (TPSA) is 70.7 Å². The third kappa shape index (κ3) is 4.16. The van der Waals surface area contributed by atoms with Crippen molar-refractivity contribution in [3.8, 4) is 6.07 Å². The Bertz CT molecular complexity index is 702. The molecule has 0 aliphatic heterocycles. The molecular weight excluding hydrogens is 283 g/mol. The molecule has 0 spiro atoms. The quantitative estimate of drug-likeness (QED) is 0.832. The number of carbonyl (C=O) groups is 1. The molecule has 1 amide bonds. The van der Waals surface area contributed by atoms with E-state index in [0.717, 1.165) is 18.4 Å². The first kappa shape index (κ1) is 15.7. The van der Waals surface area contributed by atoms with Crippen LogP contribution in [0.25, 0.3) is 0 Å². The number of benzene rings is 1. The lowest BCUT2D eigenvalue weighted by Crippen LogP contribution is -2.13. The second-order valence-corrected chi connectivity index (χ2v) is 5.04. The first-order valence-corrected chi connectivity index (χ1v) is 7.07. The second-order valence-electron chi connectivity index (χ2n) is 5.04. The number of anilines is 1. The zero-order valence-electron chi connectivity index (χ0n) is 12.3. The molecule has 0 unspecified atom stereocenters. The predicted molar refractivity (Wildman–Crippen MR) is 80.8 cm³/mol. The van der Waals surface area contributed by atoms with E-state index in [4.69, 9.17) is 5.26 Å². The average Bonchev–Trinajstić information content (AvgIpc) is 2.93. The molecule has 114 valence electrons. The Morgan fingerprint density at radius 1 is 1.45 bits per heavy atom. The Hall–Kier alpha value is -2.68.